The number of carbonyl (C=O) groups excluding carboxylic acids is 2. The van der Waals surface area contributed by atoms with E-state index in [1.54, 1.807) is 11.3 Å². The van der Waals surface area contributed by atoms with Crippen molar-refractivity contribution in [3.05, 3.63) is 15.6 Å². The van der Waals surface area contributed by atoms with Crippen LogP contribution in [0.15, 0.2) is 0 Å². The minimum Gasteiger partial charge on any atom is -0.340 e. The number of rotatable bonds is 3. The van der Waals surface area contributed by atoms with E-state index in [0.717, 1.165) is 61.1 Å². The molecule has 0 atom stereocenters. The summed E-state index contributed by atoms with van der Waals surface area (Å²) >= 11 is 1.57. The van der Waals surface area contributed by atoms with Gasteiger partial charge >= 0.3 is 0 Å². The molecule has 0 N–H and O–H groups in total. The summed E-state index contributed by atoms with van der Waals surface area (Å²) in [5.41, 5.74) is 1.00. The van der Waals surface area contributed by atoms with Gasteiger partial charge in [-0.25, -0.2) is 4.98 Å². The lowest BCUT2D eigenvalue weighted by molar-refractivity contribution is -0.136. The van der Waals surface area contributed by atoms with Gasteiger partial charge in [0.05, 0.1) is 17.1 Å². The smallest absolute Gasteiger partial charge is 0.225 e. The van der Waals surface area contributed by atoms with Crippen molar-refractivity contribution in [2.75, 3.05) is 26.2 Å². The number of carbonyl (C=O) groups is 2. The number of piperazine rings is 1. The van der Waals surface area contributed by atoms with Crippen LogP contribution >= 0.6 is 11.3 Å². The third-order valence-electron chi connectivity index (χ3n) is 4.35. The summed E-state index contributed by atoms with van der Waals surface area (Å²) < 4.78 is 0. The van der Waals surface area contributed by atoms with E-state index in [4.69, 9.17) is 0 Å². The highest BCUT2D eigenvalue weighted by atomic mass is 32.1. The van der Waals surface area contributed by atoms with E-state index in [0.29, 0.717) is 6.42 Å². The van der Waals surface area contributed by atoms with Crippen molar-refractivity contribution < 1.29 is 9.59 Å². The molecule has 1 amide bonds. The Bertz CT molecular complexity index is 574. The standard InChI is InChI=1S/C16H23N3O2S/c1-11(2)16(21)19-8-6-18(7-9-19)10-14-17-12-4-3-5-13(20)15(12)22-14/h11H,3-10H2,1-2H3. The minimum absolute atomic E-state index is 0.0725. The van der Waals surface area contributed by atoms with Gasteiger partial charge in [-0.15, -0.1) is 11.3 Å². The lowest BCUT2D eigenvalue weighted by Gasteiger charge is -2.35. The molecule has 0 unspecified atom stereocenters. The van der Waals surface area contributed by atoms with Gasteiger partial charge in [0, 0.05) is 38.5 Å². The fourth-order valence-corrected chi connectivity index (χ4v) is 4.19. The zero-order valence-corrected chi connectivity index (χ0v) is 14.1. The van der Waals surface area contributed by atoms with Crippen LogP contribution in [0.25, 0.3) is 0 Å². The number of aromatic nitrogens is 1. The summed E-state index contributed by atoms with van der Waals surface area (Å²) in [7, 11) is 0. The molecule has 3 rings (SSSR count). The number of fused-ring (bicyclic) bond motifs is 1. The molecule has 1 saturated heterocycles. The lowest BCUT2D eigenvalue weighted by Crippen LogP contribution is -2.49. The maximum absolute atomic E-state index is 12.0. The van der Waals surface area contributed by atoms with Crippen LogP contribution in [-0.2, 0) is 17.8 Å². The second kappa shape index (κ2) is 6.46. The maximum Gasteiger partial charge on any atom is 0.225 e. The van der Waals surface area contributed by atoms with Gasteiger partial charge in [-0.2, -0.15) is 0 Å². The summed E-state index contributed by atoms with van der Waals surface area (Å²) in [6.45, 7) is 8.06. The molecule has 1 aromatic heterocycles. The fraction of sp³-hybridized carbons (Fsp3) is 0.688. The van der Waals surface area contributed by atoms with Gasteiger partial charge in [-0.1, -0.05) is 13.8 Å². The Morgan fingerprint density at radius 1 is 1.23 bits per heavy atom. The minimum atomic E-state index is 0.0725. The van der Waals surface area contributed by atoms with Crippen molar-refractivity contribution in [3.8, 4) is 0 Å². The molecule has 0 radical (unpaired) electrons. The van der Waals surface area contributed by atoms with Crippen molar-refractivity contribution in [1.29, 1.82) is 0 Å². The summed E-state index contributed by atoms with van der Waals surface area (Å²) in [5.74, 6) is 0.579. The Balaban J connectivity index is 1.57. The molecule has 1 fully saturated rings. The fourth-order valence-electron chi connectivity index (χ4n) is 3.07. The first kappa shape index (κ1) is 15.6. The predicted octanol–water partition coefficient (Wildman–Crippen LogP) is 1.96. The number of amides is 1. The summed E-state index contributed by atoms with van der Waals surface area (Å²) in [4.78, 5) is 33.7. The molecule has 6 heteroatoms. The number of thiazole rings is 1. The third kappa shape index (κ3) is 3.22. The molecule has 1 aliphatic heterocycles. The van der Waals surface area contributed by atoms with E-state index < -0.39 is 0 Å². The van der Waals surface area contributed by atoms with Crippen LogP contribution in [0.4, 0.5) is 0 Å². The second-order valence-electron chi connectivity index (χ2n) is 6.42. The highest BCUT2D eigenvalue weighted by molar-refractivity contribution is 7.13. The quantitative estimate of drug-likeness (QED) is 0.854. The van der Waals surface area contributed by atoms with Crippen LogP contribution < -0.4 is 0 Å². The Morgan fingerprint density at radius 2 is 1.95 bits per heavy atom. The van der Waals surface area contributed by atoms with Gasteiger partial charge in [0.2, 0.25) is 5.91 Å². The predicted molar refractivity (Wildman–Crippen MR) is 86.1 cm³/mol. The lowest BCUT2D eigenvalue weighted by atomic mass is 10.0. The average molecular weight is 321 g/mol. The van der Waals surface area contributed by atoms with E-state index in [2.05, 4.69) is 9.88 Å². The van der Waals surface area contributed by atoms with Gasteiger partial charge in [0.25, 0.3) is 0 Å². The molecule has 1 aromatic rings. The number of ketones is 1. The maximum atomic E-state index is 12.0. The van der Waals surface area contributed by atoms with Crippen LogP contribution in [0, 0.1) is 5.92 Å². The summed E-state index contributed by atoms with van der Waals surface area (Å²) in [5, 5.41) is 1.05. The Kier molecular flexibility index (Phi) is 4.59. The topological polar surface area (TPSA) is 53.5 Å². The SMILES string of the molecule is CC(C)C(=O)N1CCN(Cc2nc3c(s2)C(=O)CCC3)CC1. The zero-order chi connectivity index (χ0) is 15.7. The van der Waals surface area contributed by atoms with Crippen LogP contribution in [0.2, 0.25) is 0 Å². The molecule has 22 heavy (non-hydrogen) atoms. The molecule has 5 nitrogen and oxygen atoms in total. The number of aryl methyl sites for hydroxylation is 1. The molecule has 0 saturated carbocycles. The second-order valence-corrected chi connectivity index (χ2v) is 7.50. The molecule has 0 spiro atoms. The van der Waals surface area contributed by atoms with Gasteiger partial charge in [0.1, 0.15) is 5.01 Å². The molecule has 1 aliphatic carbocycles. The van der Waals surface area contributed by atoms with Crippen molar-refractivity contribution in [1.82, 2.24) is 14.8 Å². The largest absolute Gasteiger partial charge is 0.340 e. The van der Waals surface area contributed by atoms with Crippen molar-refractivity contribution in [2.45, 2.75) is 39.7 Å². The van der Waals surface area contributed by atoms with E-state index in [1.165, 1.54) is 0 Å². The van der Waals surface area contributed by atoms with E-state index in [1.807, 2.05) is 18.7 Å². The Labute approximate surface area is 135 Å². The molecule has 2 heterocycles. The van der Waals surface area contributed by atoms with Gasteiger partial charge in [-0.05, 0) is 12.8 Å². The number of hydrogen-bond donors (Lipinski definition) is 0. The number of nitrogens with zero attached hydrogens (tertiary/aromatic N) is 3. The monoisotopic (exact) mass is 321 g/mol. The molecular formula is C16H23N3O2S. The van der Waals surface area contributed by atoms with E-state index in [9.17, 15) is 9.59 Å². The molecule has 0 aromatic carbocycles. The van der Waals surface area contributed by atoms with Gasteiger partial charge < -0.3 is 4.90 Å². The van der Waals surface area contributed by atoms with Crippen LogP contribution in [-0.4, -0.2) is 52.7 Å². The van der Waals surface area contributed by atoms with E-state index in [-0.39, 0.29) is 17.6 Å². The Morgan fingerprint density at radius 3 is 2.59 bits per heavy atom. The highest BCUT2D eigenvalue weighted by Crippen LogP contribution is 2.27. The highest BCUT2D eigenvalue weighted by Gasteiger charge is 2.25. The first-order chi connectivity index (χ1) is 10.5. The zero-order valence-electron chi connectivity index (χ0n) is 13.3. The van der Waals surface area contributed by atoms with Crippen LogP contribution in [0.5, 0.6) is 0 Å². The average Bonchev–Trinajstić information content (AvgIpc) is 2.91. The van der Waals surface area contributed by atoms with Crippen molar-refractivity contribution in [2.24, 2.45) is 5.92 Å². The van der Waals surface area contributed by atoms with Crippen LogP contribution in [0.1, 0.15) is 47.1 Å². The Hall–Kier alpha value is -1.27. The normalized spacial score (nSPS) is 19.6. The first-order valence-electron chi connectivity index (χ1n) is 8.07. The molecule has 120 valence electrons. The number of Topliss-reactive ketones (excluding diaryl/α,β-unsaturated/α-hetero) is 1. The number of hydrogen-bond acceptors (Lipinski definition) is 5. The van der Waals surface area contributed by atoms with Gasteiger partial charge in [0.15, 0.2) is 5.78 Å². The van der Waals surface area contributed by atoms with Crippen molar-refractivity contribution in [3.63, 3.8) is 0 Å². The van der Waals surface area contributed by atoms with Gasteiger partial charge in [-0.3, -0.25) is 14.5 Å². The first-order valence-corrected chi connectivity index (χ1v) is 8.89. The third-order valence-corrected chi connectivity index (χ3v) is 5.47. The van der Waals surface area contributed by atoms with Crippen molar-refractivity contribution >= 4 is 23.0 Å². The van der Waals surface area contributed by atoms with Crippen LogP contribution in [0.3, 0.4) is 0 Å². The molecule has 0 bridgehead atoms. The molecule has 2 aliphatic rings. The summed E-state index contributed by atoms with van der Waals surface area (Å²) in [6, 6.07) is 0. The molecular weight excluding hydrogens is 298 g/mol. The van der Waals surface area contributed by atoms with E-state index >= 15 is 0 Å². The summed E-state index contributed by atoms with van der Waals surface area (Å²) in [6.07, 6.45) is 2.55.